The van der Waals surface area contributed by atoms with Crippen molar-refractivity contribution in [2.24, 2.45) is 0 Å². The summed E-state index contributed by atoms with van der Waals surface area (Å²) in [5.41, 5.74) is 1.79. The lowest BCUT2D eigenvalue weighted by atomic mass is 10.2. The lowest BCUT2D eigenvalue weighted by molar-refractivity contribution is -0.0493. The van der Waals surface area contributed by atoms with Crippen molar-refractivity contribution in [3.05, 3.63) is 63.8 Å². The number of carbonyl (C=O) groups is 1. The number of nitrogens with one attached hydrogen (secondary N) is 1. The average molecular weight is 433 g/mol. The number of thiophene rings is 1. The van der Waals surface area contributed by atoms with Gasteiger partial charge in [0.15, 0.2) is 11.5 Å². The van der Waals surface area contributed by atoms with Crippen LogP contribution < -0.4 is 24.3 Å². The lowest BCUT2D eigenvalue weighted by Gasteiger charge is -2.12. The van der Waals surface area contributed by atoms with Crippen molar-refractivity contribution in [3.63, 3.8) is 0 Å². The van der Waals surface area contributed by atoms with E-state index in [-0.39, 0.29) is 24.8 Å². The summed E-state index contributed by atoms with van der Waals surface area (Å²) in [7, 11) is 0. The molecule has 0 bridgehead atoms. The smallest absolute Gasteiger partial charge is 0.387 e. The molecule has 0 aliphatic carbocycles. The molecular formula is C21H17F2NO5S. The van der Waals surface area contributed by atoms with E-state index in [1.807, 2.05) is 0 Å². The normalized spacial score (nSPS) is 12.1. The Morgan fingerprint density at radius 2 is 2.00 bits per heavy atom. The van der Waals surface area contributed by atoms with Crippen LogP contribution in [0.5, 0.6) is 23.0 Å². The van der Waals surface area contributed by atoms with Gasteiger partial charge in [-0.05, 0) is 48.2 Å². The second-order valence-electron chi connectivity index (χ2n) is 6.46. The largest absolute Gasteiger partial charge is 0.489 e. The summed E-state index contributed by atoms with van der Waals surface area (Å²) < 4.78 is 46.0. The summed E-state index contributed by atoms with van der Waals surface area (Å²) in [6.45, 7) is -0.746. The van der Waals surface area contributed by atoms with Crippen molar-refractivity contribution in [2.45, 2.75) is 20.1 Å². The average Bonchev–Trinajstić information content (AvgIpc) is 3.37. The molecule has 9 heteroatoms. The van der Waals surface area contributed by atoms with Gasteiger partial charge in [-0.1, -0.05) is 6.07 Å². The van der Waals surface area contributed by atoms with E-state index in [2.05, 4.69) is 10.1 Å². The second kappa shape index (κ2) is 8.58. The van der Waals surface area contributed by atoms with Crippen LogP contribution in [0.1, 0.15) is 20.8 Å². The molecule has 1 aromatic heterocycles. The number of anilines is 1. The maximum atomic E-state index is 12.6. The molecule has 0 unspecified atom stereocenters. The number of amides is 1. The SMILES string of the molecule is Cc1ccc(OC(F)F)c(NC(=O)c2cc(COc3ccc4c(c3)OCO4)cs2)c1. The molecule has 1 amide bonds. The Morgan fingerprint density at radius 3 is 2.83 bits per heavy atom. The third kappa shape index (κ3) is 4.62. The van der Waals surface area contributed by atoms with Crippen LogP contribution in [0.4, 0.5) is 14.5 Å². The summed E-state index contributed by atoms with van der Waals surface area (Å²) in [6.07, 6.45) is 0. The van der Waals surface area contributed by atoms with Gasteiger partial charge in [0.1, 0.15) is 18.1 Å². The molecule has 2 heterocycles. The summed E-state index contributed by atoms with van der Waals surface area (Å²) in [4.78, 5) is 13.0. The van der Waals surface area contributed by atoms with Crippen LogP contribution in [0.25, 0.3) is 0 Å². The fraction of sp³-hybridized carbons (Fsp3) is 0.190. The number of fused-ring (bicyclic) bond motifs is 1. The van der Waals surface area contributed by atoms with E-state index < -0.39 is 12.5 Å². The first-order valence-corrected chi connectivity index (χ1v) is 9.82. The molecule has 1 N–H and O–H groups in total. The number of benzene rings is 2. The molecule has 1 aliphatic rings. The van der Waals surface area contributed by atoms with E-state index in [1.54, 1.807) is 48.7 Å². The number of rotatable bonds is 7. The molecular weight excluding hydrogens is 416 g/mol. The number of ether oxygens (including phenoxy) is 4. The minimum atomic E-state index is -2.98. The second-order valence-corrected chi connectivity index (χ2v) is 7.37. The predicted molar refractivity (Wildman–Crippen MR) is 107 cm³/mol. The van der Waals surface area contributed by atoms with Crippen molar-refractivity contribution in [3.8, 4) is 23.0 Å². The van der Waals surface area contributed by atoms with E-state index in [0.29, 0.717) is 22.1 Å². The van der Waals surface area contributed by atoms with Gasteiger partial charge in [0, 0.05) is 11.6 Å². The van der Waals surface area contributed by atoms with Crippen LogP contribution >= 0.6 is 11.3 Å². The van der Waals surface area contributed by atoms with E-state index >= 15 is 0 Å². The van der Waals surface area contributed by atoms with Gasteiger partial charge in [-0.15, -0.1) is 11.3 Å². The number of aryl methyl sites for hydroxylation is 1. The van der Waals surface area contributed by atoms with Gasteiger partial charge in [0.05, 0.1) is 10.6 Å². The van der Waals surface area contributed by atoms with Gasteiger partial charge in [-0.2, -0.15) is 8.78 Å². The van der Waals surface area contributed by atoms with Gasteiger partial charge < -0.3 is 24.3 Å². The summed E-state index contributed by atoms with van der Waals surface area (Å²) in [6, 6.07) is 11.6. The van der Waals surface area contributed by atoms with Crippen LogP contribution in [0.15, 0.2) is 47.8 Å². The Balaban J connectivity index is 1.40. The zero-order chi connectivity index (χ0) is 21.1. The molecule has 6 nitrogen and oxygen atoms in total. The summed E-state index contributed by atoms with van der Waals surface area (Å²) >= 11 is 1.23. The van der Waals surface area contributed by atoms with Crippen LogP contribution in [-0.2, 0) is 6.61 Å². The van der Waals surface area contributed by atoms with Gasteiger partial charge in [0.25, 0.3) is 5.91 Å². The van der Waals surface area contributed by atoms with Crippen LogP contribution in [0.3, 0.4) is 0 Å². The molecule has 30 heavy (non-hydrogen) atoms. The Labute approximate surface area is 175 Å². The van der Waals surface area contributed by atoms with Crippen molar-refractivity contribution in [2.75, 3.05) is 12.1 Å². The number of hydrogen-bond acceptors (Lipinski definition) is 6. The molecule has 2 aromatic carbocycles. The van der Waals surface area contributed by atoms with Crippen LogP contribution in [0.2, 0.25) is 0 Å². The Bertz CT molecular complexity index is 1070. The highest BCUT2D eigenvalue weighted by atomic mass is 32.1. The fourth-order valence-electron chi connectivity index (χ4n) is 2.83. The third-order valence-electron chi connectivity index (χ3n) is 4.23. The first-order valence-electron chi connectivity index (χ1n) is 8.94. The molecule has 156 valence electrons. The quantitative estimate of drug-likeness (QED) is 0.554. The molecule has 0 atom stereocenters. The maximum absolute atomic E-state index is 12.6. The number of halogens is 2. The Morgan fingerprint density at radius 1 is 1.17 bits per heavy atom. The predicted octanol–water partition coefficient (Wildman–Crippen LogP) is 5.22. The number of alkyl halides is 2. The molecule has 0 radical (unpaired) electrons. The Kier molecular flexibility index (Phi) is 5.71. The molecule has 0 saturated heterocycles. The summed E-state index contributed by atoms with van der Waals surface area (Å²) in [5.74, 6) is 1.40. The number of carbonyl (C=O) groups excluding carboxylic acids is 1. The van der Waals surface area contributed by atoms with E-state index in [9.17, 15) is 13.6 Å². The zero-order valence-electron chi connectivity index (χ0n) is 15.8. The van der Waals surface area contributed by atoms with Gasteiger partial charge in [0.2, 0.25) is 6.79 Å². The standard InChI is InChI=1S/C21H17F2NO5S/c1-12-2-4-16(29-21(22)23)15(6-12)24-20(25)19-7-13(10-30-19)9-26-14-3-5-17-18(8-14)28-11-27-17/h2-8,10,21H,9,11H2,1H3,(H,24,25). The molecule has 3 aromatic rings. The van der Waals surface area contributed by atoms with Crippen molar-refractivity contribution in [1.82, 2.24) is 0 Å². The Hall–Kier alpha value is -3.33. The fourth-order valence-corrected chi connectivity index (χ4v) is 3.62. The third-order valence-corrected chi connectivity index (χ3v) is 5.20. The first-order chi connectivity index (χ1) is 14.5. The van der Waals surface area contributed by atoms with E-state index in [0.717, 1.165) is 11.1 Å². The van der Waals surface area contributed by atoms with Gasteiger partial charge >= 0.3 is 6.61 Å². The van der Waals surface area contributed by atoms with E-state index in [4.69, 9.17) is 14.2 Å². The van der Waals surface area contributed by atoms with Crippen LogP contribution in [0, 0.1) is 6.92 Å². The first kappa shape index (κ1) is 20.0. The number of hydrogen-bond donors (Lipinski definition) is 1. The molecule has 1 aliphatic heterocycles. The monoisotopic (exact) mass is 433 g/mol. The zero-order valence-corrected chi connectivity index (χ0v) is 16.6. The topological polar surface area (TPSA) is 66.0 Å². The summed E-state index contributed by atoms with van der Waals surface area (Å²) in [5, 5.41) is 4.43. The highest BCUT2D eigenvalue weighted by Gasteiger charge is 2.16. The van der Waals surface area contributed by atoms with Gasteiger partial charge in [-0.3, -0.25) is 4.79 Å². The van der Waals surface area contributed by atoms with Crippen molar-refractivity contribution in [1.29, 1.82) is 0 Å². The highest BCUT2D eigenvalue weighted by molar-refractivity contribution is 7.12. The maximum Gasteiger partial charge on any atom is 0.387 e. The lowest BCUT2D eigenvalue weighted by Crippen LogP contribution is -2.13. The molecule has 0 fully saturated rings. The van der Waals surface area contributed by atoms with Crippen molar-refractivity contribution < 1.29 is 32.5 Å². The molecule has 0 spiro atoms. The van der Waals surface area contributed by atoms with Gasteiger partial charge in [-0.25, -0.2) is 0 Å². The van der Waals surface area contributed by atoms with E-state index in [1.165, 1.54) is 17.4 Å². The molecule has 4 rings (SSSR count). The van der Waals surface area contributed by atoms with Crippen LogP contribution in [-0.4, -0.2) is 19.3 Å². The molecule has 0 saturated carbocycles. The minimum Gasteiger partial charge on any atom is -0.489 e. The highest BCUT2D eigenvalue weighted by Crippen LogP contribution is 2.35. The van der Waals surface area contributed by atoms with Crippen molar-refractivity contribution >= 4 is 22.9 Å². The minimum absolute atomic E-state index is 0.0909.